The van der Waals surface area contributed by atoms with E-state index in [4.69, 9.17) is 10.8 Å². The van der Waals surface area contributed by atoms with Crippen molar-refractivity contribution in [1.82, 2.24) is 15.5 Å². The summed E-state index contributed by atoms with van der Waals surface area (Å²) >= 11 is 0. The van der Waals surface area contributed by atoms with Crippen LogP contribution in [-0.2, 0) is 35.2 Å². The second kappa shape index (κ2) is 12.5. The average Bonchev–Trinajstić information content (AvgIpc) is 3.27. The fourth-order valence-electron chi connectivity index (χ4n) is 3.77. The molecule has 190 valence electrons. The third kappa shape index (κ3) is 8.07. The molecule has 1 fully saturated rings. The van der Waals surface area contributed by atoms with Gasteiger partial charge in [-0.1, -0.05) is 30.3 Å². The third-order valence-electron chi connectivity index (χ3n) is 5.46. The number of aliphatic carboxylic acids is 3. The van der Waals surface area contributed by atoms with Gasteiger partial charge in [0.2, 0.25) is 17.7 Å². The molecule has 1 aromatic rings. The predicted octanol–water partition coefficient (Wildman–Crippen LogP) is -1.45. The molecule has 1 heterocycles. The van der Waals surface area contributed by atoms with Gasteiger partial charge in [-0.25, -0.2) is 4.79 Å². The molecule has 2 rings (SSSR count). The van der Waals surface area contributed by atoms with Crippen molar-refractivity contribution in [3.05, 3.63) is 35.9 Å². The summed E-state index contributed by atoms with van der Waals surface area (Å²) in [7, 11) is 0. The first-order valence-corrected chi connectivity index (χ1v) is 10.9. The van der Waals surface area contributed by atoms with Crippen molar-refractivity contribution in [3.63, 3.8) is 0 Å². The van der Waals surface area contributed by atoms with Crippen LogP contribution in [0.3, 0.4) is 0 Å². The molecule has 1 saturated heterocycles. The van der Waals surface area contributed by atoms with Crippen LogP contribution in [0.4, 0.5) is 0 Å². The highest BCUT2D eigenvalue weighted by atomic mass is 16.4. The van der Waals surface area contributed by atoms with E-state index < -0.39 is 72.6 Å². The Morgan fingerprint density at radius 2 is 1.57 bits per heavy atom. The lowest BCUT2D eigenvalue weighted by Gasteiger charge is -2.28. The van der Waals surface area contributed by atoms with Gasteiger partial charge in [0.15, 0.2) is 0 Å². The summed E-state index contributed by atoms with van der Waals surface area (Å²) in [5.74, 6) is -6.63. The molecule has 1 aliphatic heterocycles. The molecular weight excluding hydrogens is 464 g/mol. The lowest BCUT2D eigenvalue weighted by atomic mass is 10.0. The van der Waals surface area contributed by atoms with Crippen LogP contribution in [0.2, 0.25) is 0 Å². The number of amides is 3. The molecule has 35 heavy (non-hydrogen) atoms. The lowest BCUT2D eigenvalue weighted by Crippen LogP contribution is -2.57. The molecule has 4 atom stereocenters. The smallest absolute Gasteiger partial charge is 0.326 e. The molecule has 3 amide bonds. The van der Waals surface area contributed by atoms with E-state index in [9.17, 15) is 39.0 Å². The van der Waals surface area contributed by atoms with E-state index in [0.29, 0.717) is 12.0 Å². The standard InChI is InChI=1S/C22H28N4O9/c23-13(10-17(27)28)21(33)26-8-4-7-16(26)20(32)24-14(11-18(29)30)19(31)25-15(22(34)35)9-12-5-2-1-3-6-12/h1-3,5-6,13-16H,4,7-11,23H2,(H,24,32)(H,25,31)(H,27,28)(H,29,30)(H,34,35). The summed E-state index contributed by atoms with van der Waals surface area (Å²) in [4.78, 5) is 73.0. The molecule has 0 saturated carbocycles. The monoisotopic (exact) mass is 492 g/mol. The maximum Gasteiger partial charge on any atom is 0.326 e. The molecule has 7 N–H and O–H groups in total. The SMILES string of the molecule is NC(CC(=O)O)C(=O)N1CCCC1C(=O)NC(CC(=O)O)C(=O)NC(Cc1ccccc1)C(=O)O. The first-order chi connectivity index (χ1) is 16.5. The van der Waals surface area contributed by atoms with Gasteiger partial charge in [0, 0.05) is 13.0 Å². The van der Waals surface area contributed by atoms with Gasteiger partial charge in [-0.15, -0.1) is 0 Å². The number of benzene rings is 1. The number of carboxylic acid groups (broad SMARTS) is 3. The molecule has 0 radical (unpaired) electrons. The Balaban J connectivity index is 2.11. The highest BCUT2D eigenvalue weighted by molar-refractivity contribution is 5.96. The van der Waals surface area contributed by atoms with Gasteiger partial charge < -0.3 is 36.6 Å². The largest absolute Gasteiger partial charge is 0.481 e. The van der Waals surface area contributed by atoms with Crippen molar-refractivity contribution >= 4 is 35.6 Å². The summed E-state index contributed by atoms with van der Waals surface area (Å²) in [5.41, 5.74) is 6.24. The topological polar surface area (TPSA) is 216 Å². The number of carbonyl (C=O) groups is 6. The van der Waals surface area contributed by atoms with E-state index in [1.165, 1.54) is 0 Å². The summed E-state index contributed by atoms with van der Waals surface area (Å²) in [5, 5.41) is 32.1. The van der Waals surface area contributed by atoms with Crippen molar-refractivity contribution in [1.29, 1.82) is 0 Å². The number of rotatable bonds is 12. The molecule has 1 aliphatic rings. The number of hydrogen-bond donors (Lipinski definition) is 6. The third-order valence-corrected chi connectivity index (χ3v) is 5.46. The number of nitrogens with zero attached hydrogens (tertiary/aromatic N) is 1. The van der Waals surface area contributed by atoms with Crippen LogP contribution in [0.1, 0.15) is 31.2 Å². The van der Waals surface area contributed by atoms with E-state index in [2.05, 4.69) is 10.6 Å². The zero-order valence-corrected chi connectivity index (χ0v) is 18.8. The van der Waals surface area contributed by atoms with Crippen LogP contribution in [0.25, 0.3) is 0 Å². The number of carboxylic acids is 3. The van der Waals surface area contributed by atoms with Crippen LogP contribution in [0.15, 0.2) is 30.3 Å². The van der Waals surface area contributed by atoms with Crippen LogP contribution in [0, 0.1) is 0 Å². The number of nitrogens with one attached hydrogen (secondary N) is 2. The van der Waals surface area contributed by atoms with Gasteiger partial charge in [0.05, 0.1) is 18.9 Å². The van der Waals surface area contributed by atoms with E-state index in [0.717, 1.165) is 4.90 Å². The fraction of sp³-hybridized carbons (Fsp3) is 0.455. The van der Waals surface area contributed by atoms with Gasteiger partial charge in [-0.2, -0.15) is 0 Å². The highest BCUT2D eigenvalue weighted by Crippen LogP contribution is 2.19. The normalized spacial score (nSPS) is 17.6. The highest BCUT2D eigenvalue weighted by Gasteiger charge is 2.38. The summed E-state index contributed by atoms with van der Waals surface area (Å²) < 4.78 is 0. The average molecular weight is 492 g/mol. The Bertz CT molecular complexity index is 969. The quantitative estimate of drug-likeness (QED) is 0.199. The summed E-state index contributed by atoms with van der Waals surface area (Å²) in [6, 6.07) is 3.03. The Morgan fingerprint density at radius 1 is 0.943 bits per heavy atom. The van der Waals surface area contributed by atoms with Gasteiger partial charge in [0.25, 0.3) is 0 Å². The lowest BCUT2D eigenvalue weighted by molar-refractivity contribution is -0.145. The van der Waals surface area contributed by atoms with Gasteiger partial charge in [-0.3, -0.25) is 24.0 Å². The Hall–Kier alpha value is -4.00. The Morgan fingerprint density at radius 3 is 2.14 bits per heavy atom. The van der Waals surface area contributed by atoms with Crippen LogP contribution in [0.5, 0.6) is 0 Å². The summed E-state index contributed by atoms with van der Waals surface area (Å²) in [6.07, 6.45) is -0.912. The van der Waals surface area contributed by atoms with Gasteiger partial charge in [0.1, 0.15) is 18.1 Å². The molecule has 0 aromatic heterocycles. The Kier molecular flexibility index (Phi) is 9.70. The molecule has 0 spiro atoms. The van der Waals surface area contributed by atoms with Crippen molar-refractivity contribution in [2.75, 3.05) is 6.54 Å². The minimum Gasteiger partial charge on any atom is -0.481 e. The zero-order valence-electron chi connectivity index (χ0n) is 18.8. The number of hydrogen-bond acceptors (Lipinski definition) is 7. The van der Waals surface area contributed by atoms with Crippen LogP contribution in [-0.4, -0.2) is 86.6 Å². The van der Waals surface area contributed by atoms with Gasteiger partial charge >= 0.3 is 17.9 Å². The fourth-order valence-corrected chi connectivity index (χ4v) is 3.77. The molecular formula is C22H28N4O9. The molecule has 0 aliphatic carbocycles. The molecule has 13 nitrogen and oxygen atoms in total. The maximum atomic E-state index is 12.9. The van der Waals surface area contributed by atoms with E-state index >= 15 is 0 Å². The van der Waals surface area contributed by atoms with Crippen LogP contribution >= 0.6 is 0 Å². The van der Waals surface area contributed by atoms with E-state index in [1.807, 2.05) is 0 Å². The minimum absolute atomic E-state index is 0.0674. The van der Waals surface area contributed by atoms with Crippen molar-refractivity contribution in [2.24, 2.45) is 5.73 Å². The number of carbonyl (C=O) groups excluding carboxylic acids is 3. The van der Waals surface area contributed by atoms with Gasteiger partial charge in [-0.05, 0) is 18.4 Å². The molecule has 4 unspecified atom stereocenters. The second-order valence-corrected chi connectivity index (χ2v) is 8.14. The van der Waals surface area contributed by atoms with E-state index in [-0.39, 0.29) is 19.4 Å². The second-order valence-electron chi connectivity index (χ2n) is 8.14. The zero-order chi connectivity index (χ0) is 26.1. The first-order valence-electron chi connectivity index (χ1n) is 10.9. The molecule has 0 bridgehead atoms. The first kappa shape index (κ1) is 27.2. The minimum atomic E-state index is -1.61. The van der Waals surface area contributed by atoms with Crippen LogP contribution < -0.4 is 16.4 Å². The summed E-state index contributed by atoms with van der Waals surface area (Å²) in [6.45, 7) is 0.137. The van der Waals surface area contributed by atoms with E-state index in [1.54, 1.807) is 30.3 Å². The molecule has 1 aromatic carbocycles. The maximum absolute atomic E-state index is 12.9. The van der Waals surface area contributed by atoms with Crippen molar-refractivity contribution in [3.8, 4) is 0 Å². The van der Waals surface area contributed by atoms with Crippen molar-refractivity contribution < 1.29 is 44.1 Å². The molecule has 13 heteroatoms. The number of nitrogens with two attached hydrogens (primary N) is 1. The van der Waals surface area contributed by atoms with Crippen molar-refractivity contribution in [2.45, 2.75) is 56.3 Å². The number of likely N-dealkylation sites (tertiary alicyclic amines) is 1. The Labute approximate surface area is 200 Å². The predicted molar refractivity (Wildman–Crippen MR) is 119 cm³/mol.